The van der Waals surface area contributed by atoms with E-state index in [9.17, 15) is 4.79 Å². The zero-order valence-electron chi connectivity index (χ0n) is 15.6. The van der Waals surface area contributed by atoms with Crippen LogP contribution in [0.1, 0.15) is 11.3 Å². The standard InChI is InChI=1S/C21H25N5O/c1-17-6-2-3-7-19(17)23-21(27)16-25-12-10-24(11-13-25)14-18-15-26-9-5-4-8-20(26)22-18/h2-9,15H,10-14,16H2,1H3,(H,23,27). The number of carbonyl (C=O) groups excluding carboxylic acids is 1. The number of rotatable bonds is 5. The highest BCUT2D eigenvalue weighted by atomic mass is 16.2. The second kappa shape index (κ2) is 7.90. The Balaban J connectivity index is 1.26. The maximum Gasteiger partial charge on any atom is 0.238 e. The Morgan fingerprint density at radius 3 is 2.56 bits per heavy atom. The van der Waals surface area contributed by atoms with E-state index in [1.165, 1.54) is 0 Å². The van der Waals surface area contributed by atoms with Crippen molar-refractivity contribution < 1.29 is 4.79 Å². The first-order chi connectivity index (χ1) is 13.2. The summed E-state index contributed by atoms with van der Waals surface area (Å²) in [7, 11) is 0. The molecule has 140 valence electrons. The van der Waals surface area contributed by atoms with Crippen molar-refractivity contribution in [3.63, 3.8) is 0 Å². The molecule has 6 nitrogen and oxygen atoms in total. The molecule has 0 bridgehead atoms. The van der Waals surface area contributed by atoms with E-state index in [4.69, 9.17) is 0 Å². The second-order valence-corrected chi connectivity index (χ2v) is 7.11. The molecule has 0 aliphatic carbocycles. The molecule has 1 fully saturated rings. The molecule has 3 heterocycles. The van der Waals surface area contributed by atoms with Crippen LogP contribution in [0.25, 0.3) is 5.65 Å². The van der Waals surface area contributed by atoms with Gasteiger partial charge in [0.05, 0.1) is 12.2 Å². The van der Waals surface area contributed by atoms with Crippen LogP contribution < -0.4 is 5.32 Å². The lowest BCUT2D eigenvalue weighted by molar-refractivity contribution is -0.117. The Morgan fingerprint density at radius 2 is 1.78 bits per heavy atom. The number of hydrogen-bond acceptors (Lipinski definition) is 4. The predicted octanol–water partition coefficient (Wildman–Crippen LogP) is 2.40. The summed E-state index contributed by atoms with van der Waals surface area (Å²) >= 11 is 0. The van der Waals surface area contributed by atoms with Gasteiger partial charge in [-0.05, 0) is 30.7 Å². The average Bonchev–Trinajstić information content (AvgIpc) is 3.07. The number of benzene rings is 1. The Hall–Kier alpha value is -2.70. The number of fused-ring (bicyclic) bond motifs is 1. The summed E-state index contributed by atoms with van der Waals surface area (Å²) in [6, 6.07) is 13.9. The lowest BCUT2D eigenvalue weighted by Crippen LogP contribution is -2.48. The fourth-order valence-corrected chi connectivity index (χ4v) is 3.50. The van der Waals surface area contributed by atoms with Gasteiger partial charge in [-0.25, -0.2) is 4.98 Å². The van der Waals surface area contributed by atoms with Gasteiger partial charge in [-0.1, -0.05) is 24.3 Å². The van der Waals surface area contributed by atoms with Crippen LogP contribution >= 0.6 is 0 Å². The number of pyridine rings is 1. The summed E-state index contributed by atoms with van der Waals surface area (Å²) in [6.07, 6.45) is 4.12. The molecular weight excluding hydrogens is 338 g/mol. The van der Waals surface area contributed by atoms with Crippen molar-refractivity contribution >= 4 is 17.2 Å². The van der Waals surface area contributed by atoms with Crippen LogP contribution in [0.5, 0.6) is 0 Å². The van der Waals surface area contributed by atoms with E-state index < -0.39 is 0 Å². The first-order valence-electron chi connectivity index (χ1n) is 9.40. The molecule has 1 saturated heterocycles. The molecule has 0 spiro atoms. The van der Waals surface area contributed by atoms with Crippen LogP contribution in [0.2, 0.25) is 0 Å². The zero-order valence-corrected chi connectivity index (χ0v) is 15.6. The maximum atomic E-state index is 12.3. The van der Waals surface area contributed by atoms with E-state index in [0.717, 1.165) is 55.3 Å². The number of amides is 1. The number of hydrogen-bond donors (Lipinski definition) is 1. The van der Waals surface area contributed by atoms with E-state index in [2.05, 4.69) is 30.7 Å². The van der Waals surface area contributed by atoms with Crippen LogP contribution in [-0.2, 0) is 11.3 Å². The highest BCUT2D eigenvalue weighted by Gasteiger charge is 2.20. The number of nitrogens with zero attached hydrogens (tertiary/aromatic N) is 4. The molecule has 6 heteroatoms. The van der Waals surface area contributed by atoms with Crippen molar-refractivity contribution in [3.8, 4) is 0 Å². The molecule has 1 aromatic carbocycles. The first-order valence-corrected chi connectivity index (χ1v) is 9.40. The normalized spacial score (nSPS) is 15.9. The minimum atomic E-state index is 0.0538. The van der Waals surface area contributed by atoms with Gasteiger partial charge < -0.3 is 9.72 Å². The van der Waals surface area contributed by atoms with E-state index in [0.29, 0.717) is 6.54 Å². The number of aromatic nitrogens is 2. The molecule has 2 aromatic heterocycles. The van der Waals surface area contributed by atoms with Gasteiger partial charge in [-0.2, -0.15) is 0 Å². The highest BCUT2D eigenvalue weighted by molar-refractivity contribution is 5.92. The molecule has 0 saturated carbocycles. The van der Waals surface area contributed by atoms with Crippen molar-refractivity contribution in [2.45, 2.75) is 13.5 Å². The Bertz CT molecular complexity index is 894. The fraction of sp³-hybridized carbons (Fsp3) is 0.333. The van der Waals surface area contributed by atoms with E-state index in [1.54, 1.807) is 0 Å². The van der Waals surface area contributed by atoms with E-state index >= 15 is 0 Å². The Labute approximate surface area is 159 Å². The Kier molecular flexibility index (Phi) is 5.18. The lowest BCUT2D eigenvalue weighted by Gasteiger charge is -2.33. The average molecular weight is 363 g/mol. The van der Waals surface area contributed by atoms with Gasteiger partial charge in [-0.15, -0.1) is 0 Å². The van der Waals surface area contributed by atoms with E-state index in [-0.39, 0.29) is 5.91 Å². The number of aryl methyl sites for hydroxylation is 1. The van der Waals surface area contributed by atoms with Gasteiger partial charge >= 0.3 is 0 Å². The van der Waals surface area contributed by atoms with Crippen LogP contribution in [-0.4, -0.2) is 57.8 Å². The molecule has 1 N–H and O–H groups in total. The van der Waals surface area contributed by atoms with Crippen molar-refractivity contribution in [2.24, 2.45) is 0 Å². The van der Waals surface area contributed by atoms with Gasteiger partial charge in [0.25, 0.3) is 0 Å². The predicted molar refractivity (Wildman–Crippen MR) is 107 cm³/mol. The van der Waals surface area contributed by atoms with Gasteiger partial charge in [0.1, 0.15) is 5.65 Å². The summed E-state index contributed by atoms with van der Waals surface area (Å²) < 4.78 is 2.06. The number of piperazine rings is 1. The van der Waals surface area contributed by atoms with Crippen molar-refractivity contribution in [2.75, 3.05) is 38.0 Å². The van der Waals surface area contributed by atoms with Crippen LogP contribution in [0.3, 0.4) is 0 Å². The van der Waals surface area contributed by atoms with Gasteiger partial charge in [0.2, 0.25) is 5.91 Å². The number of imidazole rings is 1. The van der Waals surface area contributed by atoms with Gasteiger partial charge in [-0.3, -0.25) is 14.6 Å². The minimum absolute atomic E-state index is 0.0538. The number of carbonyl (C=O) groups is 1. The largest absolute Gasteiger partial charge is 0.325 e. The topological polar surface area (TPSA) is 52.9 Å². The van der Waals surface area contributed by atoms with E-state index in [1.807, 2.05) is 55.6 Å². The van der Waals surface area contributed by atoms with Crippen molar-refractivity contribution in [3.05, 3.63) is 66.1 Å². The third kappa shape index (κ3) is 4.35. The molecule has 0 radical (unpaired) electrons. The summed E-state index contributed by atoms with van der Waals surface area (Å²) in [5.74, 6) is 0.0538. The van der Waals surface area contributed by atoms with Crippen LogP contribution in [0, 0.1) is 6.92 Å². The molecule has 4 rings (SSSR count). The summed E-state index contributed by atoms with van der Waals surface area (Å²) in [5, 5.41) is 3.02. The Morgan fingerprint density at radius 1 is 1.04 bits per heavy atom. The third-order valence-corrected chi connectivity index (χ3v) is 5.05. The molecular formula is C21H25N5O. The maximum absolute atomic E-state index is 12.3. The summed E-state index contributed by atoms with van der Waals surface area (Å²) in [5.41, 5.74) is 4.06. The molecule has 0 unspecified atom stereocenters. The number of nitrogens with one attached hydrogen (secondary N) is 1. The number of anilines is 1. The SMILES string of the molecule is Cc1ccccc1NC(=O)CN1CCN(Cc2cn3ccccc3n2)CC1. The number of para-hydroxylation sites is 1. The van der Waals surface area contributed by atoms with Crippen molar-refractivity contribution in [1.29, 1.82) is 0 Å². The molecule has 27 heavy (non-hydrogen) atoms. The molecule has 1 aliphatic rings. The quantitative estimate of drug-likeness (QED) is 0.756. The summed E-state index contributed by atoms with van der Waals surface area (Å²) in [4.78, 5) is 21.6. The van der Waals surface area contributed by atoms with Crippen molar-refractivity contribution in [1.82, 2.24) is 19.2 Å². The molecule has 1 amide bonds. The van der Waals surface area contributed by atoms with Crippen LogP contribution in [0.4, 0.5) is 5.69 Å². The minimum Gasteiger partial charge on any atom is -0.325 e. The smallest absolute Gasteiger partial charge is 0.238 e. The summed E-state index contributed by atoms with van der Waals surface area (Å²) in [6.45, 7) is 7.00. The monoisotopic (exact) mass is 363 g/mol. The van der Waals surface area contributed by atoms with Crippen LogP contribution in [0.15, 0.2) is 54.9 Å². The molecule has 1 aliphatic heterocycles. The fourth-order valence-electron chi connectivity index (χ4n) is 3.50. The molecule has 3 aromatic rings. The highest BCUT2D eigenvalue weighted by Crippen LogP contribution is 2.14. The first kappa shape index (κ1) is 17.7. The van der Waals surface area contributed by atoms with Gasteiger partial charge in [0, 0.05) is 50.8 Å². The lowest BCUT2D eigenvalue weighted by atomic mass is 10.2. The molecule has 0 atom stereocenters. The van der Waals surface area contributed by atoms with Gasteiger partial charge in [0.15, 0.2) is 0 Å². The third-order valence-electron chi connectivity index (χ3n) is 5.05. The zero-order chi connectivity index (χ0) is 18.6. The second-order valence-electron chi connectivity index (χ2n) is 7.11.